The largest absolute Gasteiger partial charge is 0.449 e. The minimum absolute atomic E-state index is 0.179. The first-order chi connectivity index (χ1) is 14.9. The topological polar surface area (TPSA) is 79.0 Å². The van der Waals surface area contributed by atoms with Crippen LogP contribution in [0.15, 0.2) is 66.0 Å². The minimum Gasteiger partial charge on any atom is -0.449 e. The van der Waals surface area contributed by atoms with Crippen LogP contribution in [-0.2, 0) is 4.74 Å². The number of nitrogens with one attached hydrogen (secondary N) is 1. The molecule has 3 aromatic rings. The third-order valence-corrected chi connectivity index (χ3v) is 5.46. The van der Waals surface area contributed by atoms with Gasteiger partial charge in [0.2, 0.25) is 0 Å². The number of nitrogens with zero attached hydrogens (tertiary/aromatic N) is 2. The fraction of sp³-hybridized carbons (Fsp3) is 0.174. The van der Waals surface area contributed by atoms with Gasteiger partial charge in [0.25, 0.3) is 11.8 Å². The molecule has 0 aliphatic heterocycles. The van der Waals surface area contributed by atoms with Gasteiger partial charge < -0.3 is 15.0 Å². The zero-order valence-corrected chi connectivity index (χ0v) is 18.3. The second-order valence-electron chi connectivity index (χ2n) is 6.62. The van der Waals surface area contributed by atoms with Gasteiger partial charge in [0, 0.05) is 25.5 Å². The summed E-state index contributed by atoms with van der Waals surface area (Å²) in [6.07, 6.45) is -0.452. The third kappa shape index (κ3) is 5.10. The van der Waals surface area contributed by atoms with E-state index in [0.717, 1.165) is 0 Å². The molecule has 2 aromatic carbocycles. The van der Waals surface area contributed by atoms with Crippen LogP contribution in [0.3, 0.4) is 0 Å². The van der Waals surface area contributed by atoms with Crippen LogP contribution < -0.4 is 15.1 Å². The van der Waals surface area contributed by atoms with Crippen molar-refractivity contribution >= 4 is 46.3 Å². The Morgan fingerprint density at radius 1 is 0.935 bits per heavy atom. The third-order valence-electron chi connectivity index (χ3n) is 4.60. The first-order valence-electron chi connectivity index (χ1n) is 9.65. The molecule has 160 valence electrons. The Morgan fingerprint density at radius 3 is 2.29 bits per heavy atom. The van der Waals surface area contributed by atoms with E-state index in [9.17, 15) is 14.4 Å². The Kier molecular flexibility index (Phi) is 7.04. The van der Waals surface area contributed by atoms with Crippen molar-refractivity contribution in [1.82, 2.24) is 0 Å². The van der Waals surface area contributed by atoms with E-state index in [1.807, 2.05) is 11.4 Å². The number of carbonyl (C=O) groups excluding carboxylic acids is 3. The summed E-state index contributed by atoms with van der Waals surface area (Å²) in [5, 5.41) is 4.67. The highest BCUT2D eigenvalue weighted by Crippen LogP contribution is 2.24. The van der Waals surface area contributed by atoms with Gasteiger partial charge >= 0.3 is 6.09 Å². The number of thiophene rings is 1. The Labute approximate surface area is 184 Å². The van der Waals surface area contributed by atoms with Gasteiger partial charge in [0.1, 0.15) is 0 Å². The summed E-state index contributed by atoms with van der Waals surface area (Å²) in [5.41, 5.74) is 2.09. The number of hydrogen-bond donors (Lipinski definition) is 1. The lowest BCUT2D eigenvalue weighted by Gasteiger charge is -2.20. The lowest BCUT2D eigenvalue weighted by Crippen LogP contribution is -2.28. The Hall–Kier alpha value is -3.65. The predicted octanol–water partition coefficient (Wildman–Crippen LogP) is 4.87. The summed E-state index contributed by atoms with van der Waals surface area (Å²) in [4.78, 5) is 40.9. The van der Waals surface area contributed by atoms with Crippen molar-refractivity contribution in [2.45, 2.75) is 6.92 Å². The van der Waals surface area contributed by atoms with Crippen LogP contribution in [0.1, 0.15) is 27.0 Å². The Morgan fingerprint density at radius 2 is 1.65 bits per heavy atom. The van der Waals surface area contributed by atoms with Crippen LogP contribution in [0.25, 0.3) is 0 Å². The van der Waals surface area contributed by atoms with E-state index in [4.69, 9.17) is 4.74 Å². The summed E-state index contributed by atoms with van der Waals surface area (Å²) < 4.78 is 4.98. The number of carbonyl (C=O) groups is 3. The summed E-state index contributed by atoms with van der Waals surface area (Å²) in [6, 6.07) is 17.3. The van der Waals surface area contributed by atoms with Crippen LogP contribution >= 0.6 is 11.3 Å². The van der Waals surface area contributed by atoms with Crippen LogP contribution in [0, 0.1) is 0 Å². The molecular weight excluding hydrogens is 414 g/mol. The number of rotatable bonds is 6. The van der Waals surface area contributed by atoms with E-state index in [1.165, 1.54) is 21.1 Å². The van der Waals surface area contributed by atoms with E-state index < -0.39 is 6.09 Å². The molecule has 7 nitrogen and oxygen atoms in total. The van der Waals surface area contributed by atoms with Crippen LogP contribution in [0.5, 0.6) is 0 Å². The predicted molar refractivity (Wildman–Crippen MR) is 123 cm³/mol. The molecule has 0 saturated heterocycles. The first-order valence-corrected chi connectivity index (χ1v) is 10.5. The highest BCUT2D eigenvalue weighted by atomic mass is 32.1. The van der Waals surface area contributed by atoms with Gasteiger partial charge in [-0.15, -0.1) is 11.3 Å². The molecule has 0 bridgehead atoms. The second-order valence-corrected chi connectivity index (χ2v) is 7.57. The van der Waals surface area contributed by atoms with Gasteiger partial charge in [-0.1, -0.05) is 18.2 Å². The van der Waals surface area contributed by atoms with Crippen LogP contribution in [0.2, 0.25) is 0 Å². The van der Waals surface area contributed by atoms with Crippen molar-refractivity contribution in [2.24, 2.45) is 0 Å². The Bertz CT molecular complexity index is 1060. The average molecular weight is 438 g/mol. The number of para-hydroxylation sites is 1. The fourth-order valence-electron chi connectivity index (χ4n) is 2.93. The smallest absolute Gasteiger partial charge is 0.413 e. The molecule has 0 atom stereocenters. The molecule has 3 amide bonds. The lowest BCUT2D eigenvalue weighted by molar-refractivity contribution is 0.0996. The van der Waals surface area contributed by atoms with E-state index in [-0.39, 0.29) is 11.8 Å². The number of benzene rings is 2. The number of ether oxygens (including phenoxy) is 1. The van der Waals surface area contributed by atoms with Gasteiger partial charge in [-0.25, -0.2) is 4.79 Å². The van der Waals surface area contributed by atoms with Gasteiger partial charge in [0.05, 0.1) is 22.7 Å². The van der Waals surface area contributed by atoms with Crippen molar-refractivity contribution in [3.8, 4) is 0 Å². The highest BCUT2D eigenvalue weighted by molar-refractivity contribution is 7.12. The first kappa shape index (κ1) is 22.0. The molecule has 0 aliphatic rings. The van der Waals surface area contributed by atoms with Gasteiger partial charge in [0.15, 0.2) is 0 Å². The maximum absolute atomic E-state index is 12.9. The van der Waals surface area contributed by atoms with Crippen molar-refractivity contribution in [3.63, 3.8) is 0 Å². The molecular formula is C23H23N3O4S. The quantitative estimate of drug-likeness (QED) is 0.597. The number of anilines is 3. The molecule has 8 heteroatoms. The van der Waals surface area contributed by atoms with Gasteiger partial charge in [-0.05, 0) is 54.8 Å². The van der Waals surface area contributed by atoms with Crippen molar-refractivity contribution < 1.29 is 19.1 Å². The summed E-state index contributed by atoms with van der Waals surface area (Å²) in [6.45, 7) is 2.04. The zero-order valence-electron chi connectivity index (χ0n) is 17.5. The number of amides is 3. The molecule has 0 radical (unpaired) electrons. The molecule has 1 aromatic heterocycles. The molecule has 31 heavy (non-hydrogen) atoms. The molecule has 1 heterocycles. The normalized spacial score (nSPS) is 10.3. The maximum atomic E-state index is 12.9. The van der Waals surface area contributed by atoms with Gasteiger partial charge in [-0.3, -0.25) is 14.5 Å². The standard InChI is InChI=1S/C23H23N3O4S/c1-4-30-23(29)25(2)17-13-11-16(12-14-17)24-21(27)18-8-5-6-9-19(18)26(3)22(28)20-10-7-15-31-20/h5-15H,4H2,1-3H3,(H,24,27). The molecule has 0 saturated carbocycles. The van der Waals surface area contributed by atoms with Crippen molar-refractivity contribution in [3.05, 3.63) is 76.5 Å². The molecule has 0 spiro atoms. The second kappa shape index (κ2) is 9.90. The van der Waals surface area contributed by atoms with Crippen molar-refractivity contribution in [2.75, 3.05) is 35.8 Å². The molecule has 0 fully saturated rings. The summed E-state index contributed by atoms with van der Waals surface area (Å²) in [7, 11) is 3.26. The summed E-state index contributed by atoms with van der Waals surface area (Å²) >= 11 is 1.35. The van der Waals surface area contributed by atoms with E-state index in [2.05, 4.69) is 5.32 Å². The van der Waals surface area contributed by atoms with E-state index in [1.54, 1.807) is 75.6 Å². The van der Waals surface area contributed by atoms with E-state index >= 15 is 0 Å². The van der Waals surface area contributed by atoms with Crippen LogP contribution in [-0.4, -0.2) is 38.6 Å². The molecule has 3 rings (SSSR count). The zero-order chi connectivity index (χ0) is 22.4. The average Bonchev–Trinajstić information content (AvgIpc) is 3.33. The van der Waals surface area contributed by atoms with E-state index in [0.29, 0.717) is 34.1 Å². The molecule has 0 aliphatic carbocycles. The minimum atomic E-state index is -0.452. The number of hydrogen-bond acceptors (Lipinski definition) is 5. The monoisotopic (exact) mass is 437 g/mol. The van der Waals surface area contributed by atoms with Gasteiger partial charge in [-0.2, -0.15) is 0 Å². The van der Waals surface area contributed by atoms with Crippen molar-refractivity contribution in [1.29, 1.82) is 0 Å². The Balaban J connectivity index is 1.75. The summed E-state index contributed by atoms with van der Waals surface area (Å²) in [5.74, 6) is -0.519. The molecule has 1 N–H and O–H groups in total. The highest BCUT2D eigenvalue weighted by Gasteiger charge is 2.20. The van der Waals surface area contributed by atoms with Crippen LogP contribution in [0.4, 0.5) is 21.9 Å². The fourth-order valence-corrected chi connectivity index (χ4v) is 3.62. The SMILES string of the molecule is CCOC(=O)N(C)c1ccc(NC(=O)c2ccccc2N(C)C(=O)c2cccs2)cc1. The lowest BCUT2D eigenvalue weighted by atomic mass is 10.1. The maximum Gasteiger partial charge on any atom is 0.413 e. The molecule has 0 unspecified atom stereocenters.